The third-order valence-corrected chi connectivity index (χ3v) is 6.10. The maximum atomic E-state index is 12.3. The van der Waals surface area contributed by atoms with Crippen LogP contribution >= 0.6 is 11.3 Å². The molecule has 2 aromatic carbocycles. The molecule has 0 aliphatic carbocycles. The van der Waals surface area contributed by atoms with Crippen molar-refractivity contribution in [1.29, 1.82) is 0 Å². The number of carbonyl (C=O) groups is 1. The van der Waals surface area contributed by atoms with Gasteiger partial charge in [0.15, 0.2) is 0 Å². The van der Waals surface area contributed by atoms with E-state index in [0.717, 1.165) is 11.3 Å². The topological polar surface area (TPSA) is 92.9 Å². The Kier molecular flexibility index (Phi) is 8.43. The molecule has 0 aliphatic heterocycles. The number of anilines is 2. The highest BCUT2D eigenvalue weighted by molar-refractivity contribution is 7.11. The number of nitrogens with one attached hydrogen (secondary N) is 2. The Morgan fingerprint density at radius 3 is 2.44 bits per heavy atom. The number of nitrogen functional groups attached to an aromatic ring is 1. The van der Waals surface area contributed by atoms with Gasteiger partial charge in [-0.05, 0) is 60.7 Å². The van der Waals surface area contributed by atoms with E-state index in [1.54, 1.807) is 46.4 Å². The summed E-state index contributed by atoms with van der Waals surface area (Å²) in [5.74, 6) is -0.227. The zero-order valence-corrected chi connectivity index (χ0v) is 20.1. The lowest BCUT2D eigenvalue weighted by molar-refractivity contribution is 0.102. The molecule has 2 aromatic heterocycles. The molecule has 4 N–H and O–H groups in total. The molecule has 7 heteroatoms. The van der Waals surface area contributed by atoms with Gasteiger partial charge < -0.3 is 16.0 Å². The van der Waals surface area contributed by atoms with Gasteiger partial charge >= 0.3 is 5.69 Å². The lowest BCUT2D eigenvalue weighted by Gasteiger charge is -2.09. The van der Waals surface area contributed by atoms with Gasteiger partial charge in [-0.15, -0.1) is 11.3 Å². The Morgan fingerprint density at radius 2 is 1.88 bits per heavy atom. The van der Waals surface area contributed by atoms with Crippen LogP contribution in [-0.4, -0.2) is 15.5 Å². The number of allylic oxidation sites excluding steroid dienone is 3. The van der Waals surface area contributed by atoms with Crippen molar-refractivity contribution in [3.05, 3.63) is 123 Å². The molecule has 0 fully saturated rings. The van der Waals surface area contributed by atoms with Crippen LogP contribution in [0, 0.1) is 6.92 Å². The highest BCUT2D eigenvalue weighted by Crippen LogP contribution is 2.20. The molecule has 174 valence electrons. The number of nitrogens with two attached hydrogens (primary N) is 1. The number of thiophene rings is 1. The van der Waals surface area contributed by atoms with Crippen LogP contribution in [0.25, 0.3) is 5.57 Å². The average molecular weight is 473 g/mol. The van der Waals surface area contributed by atoms with Crippen LogP contribution in [0.5, 0.6) is 0 Å². The summed E-state index contributed by atoms with van der Waals surface area (Å²) in [6, 6.07) is 18.4. The molecule has 0 spiro atoms. The predicted molar refractivity (Wildman–Crippen MR) is 142 cm³/mol. The molecule has 2 heterocycles. The number of aromatic nitrogens is 2. The van der Waals surface area contributed by atoms with Crippen LogP contribution < -0.4 is 16.7 Å². The first-order chi connectivity index (χ1) is 16.4. The second kappa shape index (κ2) is 11.7. The highest BCUT2D eigenvalue weighted by atomic mass is 32.1. The molecule has 0 bridgehead atoms. The molecule has 0 aliphatic rings. The number of imidazole rings is 1. The van der Waals surface area contributed by atoms with Crippen molar-refractivity contribution in [2.24, 2.45) is 0 Å². The first-order valence-corrected chi connectivity index (χ1v) is 11.6. The summed E-state index contributed by atoms with van der Waals surface area (Å²) in [5.41, 5.74) is 10.3. The molecule has 6 nitrogen and oxygen atoms in total. The molecule has 0 unspecified atom stereocenters. The van der Waals surface area contributed by atoms with Crippen LogP contribution in [0.3, 0.4) is 0 Å². The Morgan fingerprint density at radius 1 is 1.15 bits per heavy atom. The van der Waals surface area contributed by atoms with Gasteiger partial charge in [-0.3, -0.25) is 9.36 Å². The number of hydrogen-bond acceptors (Lipinski definition) is 4. The van der Waals surface area contributed by atoms with Crippen LogP contribution in [0.1, 0.15) is 33.4 Å². The van der Waals surface area contributed by atoms with E-state index in [1.807, 2.05) is 50.3 Å². The number of para-hydroxylation sites is 2. The number of benzene rings is 2. The molecular weight excluding hydrogens is 444 g/mol. The quantitative estimate of drug-likeness (QED) is 0.248. The maximum absolute atomic E-state index is 12.3. The first-order valence-electron chi connectivity index (χ1n) is 10.7. The fourth-order valence-electron chi connectivity index (χ4n) is 3.23. The molecular formula is C27H28N4O2S. The van der Waals surface area contributed by atoms with E-state index in [4.69, 9.17) is 5.73 Å². The van der Waals surface area contributed by atoms with E-state index in [9.17, 15) is 9.59 Å². The molecule has 4 rings (SSSR count). The molecule has 0 radical (unpaired) electrons. The van der Waals surface area contributed by atoms with Gasteiger partial charge in [-0.2, -0.15) is 0 Å². The smallest absolute Gasteiger partial charge is 0.326 e. The zero-order valence-electron chi connectivity index (χ0n) is 19.2. The minimum atomic E-state index is -0.227. The van der Waals surface area contributed by atoms with E-state index in [2.05, 4.69) is 34.4 Å². The number of rotatable bonds is 6. The van der Waals surface area contributed by atoms with Crippen molar-refractivity contribution in [2.45, 2.75) is 20.4 Å². The normalized spacial score (nSPS) is 10.8. The Bertz CT molecular complexity index is 1330. The molecule has 0 saturated carbocycles. The lowest BCUT2D eigenvalue weighted by atomic mass is 10.1. The molecule has 34 heavy (non-hydrogen) atoms. The number of H-pyrrole nitrogens is 1. The largest absolute Gasteiger partial charge is 0.397 e. The van der Waals surface area contributed by atoms with Crippen LogP contribution in [-0.2, 0) is 6.54 Å². The summed E-state index contributed by atoms with van der Waals surface area (Å²) in [7, 11) is 0. The lowest BCUT2D eigenvalue weighted by Crippen LogP contribution is -2.18. The van der Waals surface area contributed by atoms with Gasteiger partial charge in [0.05, 0.1) is 17.9 Å². The number of hydrogen-bond donors (Lipinski definition) is 3. The zero-order chi connectivity index (χ0) is 24.5. The third-order valence-electron chi connectivity index (χ3n) is 5.18. The number of aryl methyl sites for hydroxylation is 1. The van der Waals surface area contributed by atoms with E-state index < -0.39 is 0 Å². The van der Waals surface area contributed by atoms with Crippen LogP contribution in [0.4, 0.5) is 11.4 Å². The standard InChI is InChI=1S/C18H18N4O2.C9H10S/c1-12-10-20-18(24)22(12)11-13-6-8-14(9-7-13)17(23)21-16-5-3-2-4-15(16)19;1-3-8(4-2)9-6-5-7-10-9/h2-10H,11,19H2,1H3,(H,20,24)(H,21,23);3-7H,1H2,2H3/b;8-4+. The van der Waals surface area contributed by atoms with Crippen molar-refractivity contribution in [3.63, 3.8) is 0 Å². The van der Waals surface area contributed by atoms with E-state index in [0.29, 0.717) is 23.5 Å². The summed E-state index contributed by atoms with van der Waals surface area (Å²) in [6.07, 6.45) is 5.62. The first kappa shape index (κ1) is 24.5. The minimum Gasteiger partial charge on any atom is -0.397 e. The van der Waals surface area contributed by atoms with E-state index >= 15 is 0 Å². The number of amides is 1. The number of aromatic amines is 1. The van der Waals surface area contributed by atoms with Gasteiger partial charge in [-0.25, -0.2) is 4.79 Å². The molecule has 1 amide bonds. The van der Waals surface area contributed by atoms with E-state index in [1.165, 1.54) is 10.5 Å². The van der Waals surface area contributed by atoms with Crippen molar-refractivity contribution in [3.8, 4) is 0 Å². The molecule has 0 atom stereocenters. The van der Waals surface area contributed by atoms with Crippen LogP contribution in [0.15, 0.2) is 95.8 Å². The van der Waals surface area contributed by atoms with Gasteiger partial charge in [0, 0.05) is 22.3 Å². The second-order valence-corrected chi connectivity index (χ2v) is 8.43. The highest BCUT2D eigenvalue weighted by Gasteiger charge is 2.09. The maximum Gasteiger partial charge on any atom is 0.326 e. The SMILES string of the molecule is C=C/C(=C\C)c1cccs1.Cc1c[nH]c(=O)n1Cc1ccc(C(=O)Nc2ccccc2N)cc1. The summed E-state index contributed by atoms with van der Waals surface area (Å²) < 4.78 is 1.64. The third kappa shape index (κ3) is 6.24. The fraction of sp³-hybridized carbons (Fsp3) is 0.111. The Balaban J connectivity index is 0.000000271. The van der Waals surface area contributed by atoms with Gasteiger partial charge in [0.2, 0.25) is 0 Å². The molecule has 0 saturated heterocycles. The monoisotopic (exact) mass is 472 g/mol. The number of carbonyl (C=O) groups excluding carboxylic acids is 1. The Hall–Kier alpha value is -4.10. The van der Waals surface area contributed by atoms with Crippen molar-refractivity contribution < 1.29 is 4.79 Å². The molecule has 4 aromatic rings. The van der Waals surface area contributed by atoms with Crippen molar-refractivity contribution in [2.75, 3.05) is 11.1 Å². The predicted octanol–water partition coefficient (Wildman–Crippen LogP) is 5.71. The number of nitrogens with zero attached hydrogens (tertiary/aromatic N) is 1. The Labute approximate surface area is 203 Å². The van der Waals surface area contributed by atoms with Crippen LogP contribution in [0.2, 0.25) is 0 Å². The van der Waals surface area contributed by atoms with E-state index in [-0.39, 0.29) is 11.6 Å². The summed E-state index contributed by atoms with van der Waals surface area (Å²) in [6.45, 7) is 8.08. The minimum absolute atomic E-state index is 0.145. The average Bonchev–Trinajstić information content (AvgIpc) is 3.48. The summed E-state index contributed by atoms with van der Waals surface area (Å²) >= 11 is 1.74. The second-order valence-electron chi connectivity index (χ2n) is 7.49. The summed E-state index contributed by atoms with van der Waals surface area (Å²) in [5, 5.41) is 4.86. The van der Waals surface area contributed by atoms with Gasteiger partial charge in [0.1, 0.15) is 0 Å². The van der Waals surface area contributed by atoms with Crippen molar-refractivity contribution in [1.82, 2.24) is 9.55 Å². The fourth-order valence-corrected chi connectivity index (χ4v) is 4.03. The van der Waals surface area contributed by atoms with Gasteiger partial charge in [-0.1, -0.05) is 49.1 Å². The summed E-state index contributed by atoms with van der Waals surface area (Å²) in [4.78, 5) is 27.9. The van der Waals surface area contributed by atoms with Crippen molar-refractivity contribution >= 4 is 34.2 Å². The van der Waals surface area contributed by atoms with Gasteiger partial charge in [0.25, 0.3) is 5.91 Å².